The second-order valence-electron chi connectivity index (χ2n) is 8.79. The Morgan fingerprint density at radius 2 is 1.80 bits per heavy atom. The molecule has 1 aliphatic heterocycles. The van der Waals surface area contributed by atoms with Crippen LogP contribution in [0.15, 0.2) is 59.1 Å². The van der Waals surface area contributed by atoms with Crippen molar-refractivity contribution in [1.29, 1.82) is 0 Å². The number of aromatic nitrogens is 1. The zero-order valence-electron chi connectivity index (χ0n) is 18.5. The fourth-order valence-electron chi connectivity index (χ4n) is 4.42. The van der Waals surface area contributed by atoms with Crippen LogP contribution >= 0.6 is 11.6 Å². The first-order valence-electron chi connectivity index (χ1n) is 11.2. The van der Waals surface area contributed by atoms with E-state index in [9.17, 15) is 26.3 Å². The van der Waals surface area contributed by atoms with E-state index >= 15 is 0 Å². The third kappa shape index (κ3) is 6.58. The normalized spacial score (nSPS) is 18.5. The Morgan fingerprint density at radius 3 is 2.49 bits per heavy atom. The van der Waals surface area contributed by atoms with E-state index in [4.69, 9.17) is 16.0 Å². The van der Waals surface area contributed by atoms with Gasteiger partial charge in [0.1, 0.15) is 0 Å². The van der Waals surface area contributed by atoms with Crippen molar-refractivity contribution in [2.75, 3.05) is 19.6 Å². The molecule has 0 radical (unpaired) electrons. The van der Waals surface area contributed by atoms with Gasteiger partial charge in [-0.1, -0.05) is 29.8 Å². The Kier molecular flexibility index (Phi) is 7.47. The minimum atomic E-state index is -4.49. The maximum absolute atomic E-state index is 13.9. The van der Waals surface area contributed by atoms with Crippen LogP contribution in [-0.4, -0.2) is 35.7 Å². The van der Waals surface area contributed by atoms with Crippen molar-refractivity contribution in [3.63, 3.8) is 0 Å². The van der Waals surface area contributed by atoms with Crippen molar-refractivity contribution in [3.8, 4) is 11.3 Å². The topological polar surface area (TPSA) is 29.3 Å². The number of halogens is 7. The summed E-state index contributed by atoms with van der Waals surface area (Å²) in [5.41, 5.74) is 0.394. The molecule has 188 valence electrons. The summed E-state index contributed by atoms with van der Waals surface area (Å²) < 4.78 is 86.6. The summed E-state index contributed by atoms with van der Waals surface area (Å²) in [5, 5.41) is 0.524. The van der Waals surface area contributed by atoms with Gasteiger partial charge < -0.3 is 9.32 Å². The molecule has 1 fully saturated rings. The van der Waals surface area contributed by atoms with E-state index in [1.165, 1.54) is 12.3 Å². The number of hydrogen-bond acceptors (Lipinski definition) is 3. The first kappa shape index (κ1) is 25.6. The van der Waals surface area contributed by atoms with Crippen LogP contribution in [0.3, 0.4) is 0 Å². The first-order chi connectivity index (χ1) is 16.5. The SMILES string of the molecule is FC(F)(F)c1cccc(C2CCCN(CC(Cc3ncc(-c4ccc(Cl)cc4)o3)C(F)(F)F)C2)c1. The van der Waals surface area contributed by atoms with Crippen LogP contribution in [0.5, 0.6) is 0 Å². The van der Waals surface area contributed by atoms with Gasteiger partial charge in [-0.15, -0.1) is 0 Å². The van der Waals surface area contributed by atoms with Gasteiger partial charge in [-0.2, -0.15) is 26.3 Å². The van der Waals surface area contributed by atoms with Gasteiger partial charge in [0, 0.05) is 30.1 Å². The number of oxazole rings is 1. The van der Waals surface area contributed by atoms with E-state index in [1.54, 1.807) is 35.2 Å². The van der Waals surface area contributed by atoms with E-state index in [1.807, 2.05) is 0 Å². The summed E-state index contributed by atoms with van der Waals surface area (Å²) in [5.74, 6) is -1.67. The predicted octanol–water partition coefficient (Wildman–Crippen LogP) is 7.61. The van der Waals surface area contributed by atoms with Gasteiger partial charge in [0.05, 0.1) is 17.7 Å². The minimum absolute atomic E-state index is 0.0243. The molecule has 4 rings (SSSR count). The lowest BCUT2D eigenvalue weighted by atomic mass is 9.89. The Hall–Kier alpha value is -2.52. The lowest BCUT2D eigenvalue weighted by Gasteiger charge is -2.35. The molecule has 2 atom stereocenters. The summed E-state index contributed by atoms with van der Waals surface area (Å²) in [6, 6.07) is 11.7. The maximum Gasteiger partial charge on any atom is 0.416 e. The molecule has 0 N–H and O–H groups in total. The molecule has 10 heteroatoms. The van der Waals surface area contributed by atoms with Crippen LogP contribution in [0.1, 0.15) is 35.8 Å². The van der Waals surface area contributed by atoms with Crippen molar-refractivity contribution in [2.45, 2.75) is 37.5 Å². The third-order valence-corrected chi connectivity index (χ3v) is 6.49. The fraction of sp³-hybridized carbons (Fsp3) is 0.400. The quantitative estimate of drug-likeness (QED) is 0.316. The van der Waals surface area contributed by atoms with Gasteiger partial charge in [0.15, 0.2) is 11.7 Å². The molecule has 3 nitrogen and oxygen atoms in total. The molecule has 2 heterocycles. The van der Waals surface area contributed by atoms with E-state index in [-0.39, 0.29) is 24.9 Å². The molecule has 0 bridgehead atoms. The summed E-state index contributed by atoms with van der Waals surface area (Å²) in [6.07, 6.45) is -6.77. The van der Waals surface area contributed by atoms with Crippen molar-refractivity contribution in [3.05, 3.63) is 76.8 Å². The highest BCUT2D eigenvalue weighted by molar-refractivity contribution is 6.30. The number of rotatable bonds is 6. The molecule has 35 heavy (non-hydrogen) atoms. The highest BCUT2D eigenvalue weighted by Gasteiger charge is 2.42. The molecule has 2 unspecified atom stereocenters. The molecular weight excluding hydrogens is 494 g/mol. The smallest absolute Gasteiger partial charge is 0.416 e. The molecule has 1 aromatic heterocycles. The summed E-state index contributed by atoms with van der Waals surface area (Å²) in [4.78, 5) is 5.71. The van der Waals surface area contributed by atoms with Gasteiger partial charge in [0.25, 0.3) is 0 Å². The van der Waals surface area contributed by atoms with Gasteiger partial charge in [-0.3, -0.25) is 0 Å². The molecule has 0 spiro atoms. The van der Waals surface area contributed by atoms with Crippen molar-refractivity contribution in [1.82, 2.24) is 9.88 Å². The van der Waals surface area contributed by atoms with Gasteiger partial charge >= 0.3 is 12.4 Å². The second-order valence-corrected chi connectivity index (χ2v) is 9.23. The third-order valence-electron chi connectivity index (χ3n) is 6.24. The lowest BCUT2D eigenvalue weighted by Crippen LogP contribution is -2.42. The monoisotopic (exact) mass is 516 g/mol. The summed E-state index contributed by atoms with van der Waals surface area (Å²) >= 11 is 5.87. The lowest BCUT2D eigenvalue weighted by molar-refractivity contribution is -0.180. The van der Waals surface area contributed by atoms with Crippen LogP contribution in [0.2, 0.25) is 5.02 Å². The standard InChI is InChI=1S/C25H23ClF6N2O/c26-21-8-6-16(7-9-21)22-13-33-23(35-22)12-20(25(30,31)32)15-34-10-2-4-18(14-34)17-3-1-5-19(11-17)24(27,28)29/h1,3,5-9,11,13,18,20H,2,4,10,12,14-15H2. The Morgan fingerprint density at radius 1 is 1.06 bits per heavy atom. The maximum atomic E-state index is 13.9. The number of benzene rings is 2. The fourth-order valence-corrected chi connectivity index (χ4v) is 4.55. The highest BCUT2D eigenvalue weighted by Crippen LogP contribution is 2.36. The molecule has 1 saturated heterocycles. The Labute approximate surface area is 203 Å². The van der Waals surface area contributed by atoms with Gasteiger partial charge in [0.2, 0.25) is 0 Å². The average Bonchev–Trinajstić information content (AvgIpc) is 3.27. The largest absolute Gasteiger partial charge is 0.441 e. The predicted molar refractivity (Wildman–Crippen MR) is 120 cm³/mol. The van der Waals surface area contributed by atoms with E-state index in [2.05, 4.69) is 4.98 Å². The van der Waals surface area contributed by atoms with Crippen LogP contribution in [0, 0.1) is 5.92 Å². The Bertz CT molecular complexity index is 1130. The average molecular weight is 517 g/mol. The van der Waals surface area contributed by atoms with Crippen LogP contribution < -0.4 is 0 Å². The molecule has 0 amide bonds. The molecule has 3 aromatic rings. The molecular formula is C25H23ClF6N2O. The number of alkyl halides is 6. The van der Waals surface area contributed by atoms with E-state index < -0.39 is 30.3 Å². The van der Waals surface area contributed by atoms with E-state index in [0.29, 0.717) is 41.3 Å². The molecule has 0 saturated carbocycles. The molecule has 1 aliphatic rings. The summed E-state index contributed by atoms with van der Waals surface area (Å²) in [7, 11) is 0. The number of nitrogens with zero attached hydrogens (tertiary/aromatic N) is 2. The first-order valence-corrected chi connectivity index (χ1v) is 11.5. The van der Waals surface area contributed by atoms with Gasteiger partial charge in [-0.05, 0) is 61.2 Å². The molecule has 0 aliphatic carbocycles. The molecule has 2 aromatic carbocycles. The number of likely N-dealkylation sites (tertiary alicyclic amines) is 1. The highest BCUT2D eigenvalue weighted by atomic mass is 35.5. The van der Waals surface area contributed by atoms with Gasteiger partial charge in [-0.25, -0.2) is 4.98 Å². The van der Waals surface area contributed by atoms with Crippen LogP contribution in [0.4, 0.5) is 26.3 Å². The van der Waals surface area contributed by atoms with Crippen molar-refractivity contribution < 1.29 is 30.8 Å². The van der Waals surface area contributed by atoms with Crippen LogP contribution in [-0.2, 0) is 12.6 Å². The summed E-state index contributed by atoms with van der Waals surface area (Å²) in [6.45, 7) is 0.427. The minimum Gasteiger partial charge on any atom is -0.441 e. The van der Waals surface area contributed by atoms with E-state index in [0.717, 1.165) is 12.1 Å². The second kappa shape index (κ2) is 10.2. The number of piperidine rings is 1. The van der Waals surface area contributed by atoms with Crippen molar-refractivity contribution in [2.24, 2.45) is 5.92 Å². The number of hydrogen-bond donors (Lipinski definition) is 0. The zero-order chi connectivity index (χ0) is 25.2. The Balaban J connectivity index is 1.45. The van der Waals surface area contributed by atoms with Crippen molar-refractivity contribution >= 4 is 11.6 Å². The zero-order valence-corrected chi connectivity index (χ0v) is 19.3. The van der Waals surface area contributed by atoms with Crippen LogP contribution in [0.25, 0.3) is 11.3 Å².